The molecule has 1 aliphatic rings. The van der Waals surface area contributed by atoms with Crippen LogP contribution >= 0.6 is 0 Å². The molecule has 0 fully saturated rings. The topological polar surface area (TPSA) is 25.8 Å². The number of fused-ring (bicyclic) bond motifs is 7. The highest BCUT2D eigenvalue weighted by Gasteiger charge is 2.36. The van der Waals surface area contributed by atoms with E-state index in [9.17, 15) is 0 Å². The molecule has 268 valence electrons. The molecule has 0 radical (unpaired) electrons. The number of hydrogen-bond donors (Lipinski definition) is 0. The van der Waals surface area contributed by atoms with E-state index < -0.39 is 0 Å². The monoisotopic (exact) mass is 726 g/mol. The zero-order chi connectivity index (χ0) is 38.1. The summed E-state index contributed by atoms with van der Waals surface area (Å²) in [5.41, 5.74) is 14.9. The van der Waals surface area contributed by atoms with Crippen LogP contribution in [-0.2, 0) is 5.41 Å². The first kappa shape index (κ1) is 33.2. The van der Waals surface area contributed by atoms with Gasteiger partial charge in [0.1, 0.15) is 0 Å². The molecule has 11 rings (SSSR count). The van der Waals surface area contributed by atoms with Gasteiger partial charge in [-0.2, -0.15) is 0 Å². The van der Waals surface area contributed by atoms with Crippen LogP contribution in [0, 0.1) is 0 Å². The van der Waals surface area contributed by atoms with Crippen LogP contribution in [0.1, 0.15) is 25.0 Å². The van der Waals surface area contributed by atoms with Crippen molar-refractivity contribution < 1.29 is 0 Å². The minimum absolute atomic E-state index is 0.0996. The van der Waals surface area contributed by atoms with Crippen molar-refractivity contribution >= 4 is 32.3 Å². The summed E-state index contributed by atoms with van der Waals surface area (Å²) in [5.74, 6) is 0.698. The number of aromatic nitrogens is 2. The molecule has 0 spiro atoms. The molecule has 0 unspecified atom stereocenters. The zero-order valence-corrected chi connectivity index (χ0v) is 31.9. The van der Waals surface area contributed by atoms with Gasteiger partial charge in [-0.25, -0.2) is 9.97 Å². The number of benzene rings is 9. The van der Waals surface area contributed by atoms with Gasteiger partial charge >= 0.3 is 0 Å². The largest absolute Gasteiger partial charge is 0.228 e. The van der Waals surface area contributed by atoms with Crippen LogP contribution in [0.5, 0.6) is 0 Å². The SMILES string of the molecule is CC1(C)c2ccccc2-c2c(-c3ccccc3-c3cc(-c4c5ccccc5cc5c4ccc4ccccc45)nc(-c4ccc(-c5ccccc5)cc4)n3)cccc21. The third kappa shape index (κ3) is 5.33. The molecule has 0 amide bonds. The normalized spacial score (nSPS) is 12.9. The van der Waals surface area contributed by atoms with Gasteiger partial charge in [0.2, 0.25) is 0 Å². The lowest BCUT2D eigenvalue weighted by atomic mass is 9.81. The maximum absolute atomic E-state index is 5.48. The molecule has 1 heterocycles. The summed E-state index contributed by atoms with van der Waals surface area (Å²) in [6.07, 6.45) is 0. The first-order valence-corrected chi connectivity index (χ1v) is 19.7. The van der Waals surface area contributed by atoms with Gasteiger partial charge in [-0.15, -0.1) is 0 Å². The van der Waals surface area contributed by atoms with E-state index in [0.29, 0.717) is 5.82 Å². The molecule has 10 aromatic rings. The molecule has 0 saturated carbocycles. The summed E-state index contributed by atoms with van der Waals surface area (Å²) < 4.78 is 0. The predicted molar refractivity (Wildman–Crippen MR) is 239 cm³/mol. The highest BCUT2D eigenvalue weighted by atomic mass is 14.9. The van der Waals surface area contributed by atoms with Gasteiger partial charge in [0.15, 0.2) is 5.82 Å². The van der Waals surface area contributed by atoms with Crippen molar-refractivity contribution in [2.75, 3.05) is 0 Å². The fourth-order valence-electron chi connectivity index (χ4n) is 9.30. The second-order valence-electron chi connectivity index (χ2n) is 15.7. The maximum atomic E-state index is 5.48. The van der Waals surface area contributed by atoms with Gasteiger partial charge in [-0.3, -0.25) is 0 Å². The van der Waals surface area contributed by atoms with E-state index in [4.69, 9.17) is 9.97 Å². The van der Waals surface area contributed by atoms with Crippen molar-refractivity contribution in [2.45, 2.75) is 19.3 Å². The number of nitrogens with zero attached hydrogens (tertiary/aromatic N) is 2. The van der Waals surface area contributed by atoms with E-state index in [1.165, 1.54) is 65.7 Å². The molecule has 1 aromatic heterocycles. The van der Waals surface area contributed by atoms with E-state index in [1.54, 1.807) is 0 Å². The Hall–Kier alpha value is -7.16. The second kappa shape index (κ2) is 13.0. The average Bonchev–Trinajstić information content (AvgIpc) is 3.51. The van der Waals surface area contributed by atoms with Gasteiger partial charge in [0.05, 0.1) is 11.4 Å². The third-order valence-electron chi connectivity index (χ3n) is 12.1. The molecule has 0 bridgehead atoms. The third-order valence-corrected chi connectivity index (χ3v) is 12.1. The Labute approximate surface area is 332 Å². The number of rotatable bonds is 5. The van der Waals surface area contributed by atoms with E-state index in [0.717, 1.165) is 39.2 Å². The molecule has 0 atom stereocenters. The molecular weight excluding hydrogens is 689 g/mol. The van der Waals surface area contributed by atoms with Gasteiger partial charge in [-0.05, 0) is 89.0 Å². The van der Waals surface area contributed by atoms with Crippen molar-refractivity contribution in [3.63, 3.8) is 0 Å². The van der Waals surface area contributed by atoms with E-state index in [-0.39, 0.29) is 5.41 Å². The molecule has 1 aliphatic carbocycles. The van der Waals surface area contributed by atoms with Crippen molar-refractivity contribution in [3.05, 3.63) is 205 Å². The van der Waals surface area contributed by atoms with Gasteiger partial charge in [0.25, 0.3) is 0 Å². The van der Waals surface area contributed by atoms with Crippen molar-refractivity contribution in [3.8, 4) is 67.3 Å². The first-order valence-electron chi connectivity index (χ1n) is 19.7. The lowest BCUT2D eigenvalue weighted by Gasteiger charge is -2.22. The Kier molecular flexibility index (Phi) is 7.55. The summed E-state index contributed by atoms with van der Waals surface area (Å²) in [4.78, 5) is 10.9. The Balaban J connectivity index is 1.18. The average molecular weight is 727 g/mol. The minimum atomic E-state index is -0.0996. The number of hydrogen-bond acceptors (Lipinski definition) is 2. The Morgan fingerprint density at radius 1 is 0.333 bits per heavy atom. The van der Waals surface area contributed by atoms with Crippen molar-refractivity contribution in [1.82, 2.24) is 9.97 Å². The van der Waals surface area contributed by atoms with Gasteiger partial charge in [0, 0.05) is 22.1 Å². The van der Waals surface area contributed by atoms with Crippen LogP contribution in [0.15, 0.2) is 194 Å². The highest BCUT2D eigenvalue weighted by molar-refractivity contribution is 6.20. The Morgan fingerprint density at radius 3 is 1.75 bits per heavy atom. The van der Waals surface area contributed by atoms with Crippen LogP contribution in [0.4, 0.5) is 0 Å². The summed E-state index contributed by atoms with van der Waals surface area (Å²) in [6.45, 7) is 4.69. The van der Waals surface area contributed by atoms with Crippen LogP contribution < -0.4 is 0 Å². The predicted octanol–water partition coefficient (Wildman–Crippen LogP) is 14.6. The van der Waals surface area contributed by atoms with Crippen molar-refractivity contribution in [2.24, 2.45) is 0 Å². The van der Waals surface area contributed by atoms with E-state index >= 15 is 0 Å². The molecule has 0 N–H and O–H groups in total. The molecular formula is C55H38N2. The van der Waals surface area contributed by atoms with E-state index in [2.05, 4.69) is 208 Å². The Morgan fingerprint density at radius 2 is 0.930 bits per heavy atom. The summed E-state index contributed by atoms with van der Waals surface area (Å²) in [7, 11) is 0. The second-order valence-corrected chi connectivity index (χ2v) is 15.7. The summed E-state index contributed by atoms with van der Waals surface area (Å²) >= 11 is 0. The van der Waals surface area contributed by atoms with E-state index in [1.807, 2.05) is 0 Å². The fraction of sp³-hybridized carbons (Fsp3) is 0.0545. The van der Waals surface area contributed by atoms with Gasteiger partial charge in [-0.1, -0.05) is 196 Å². The minimum Gasteiger partial charge on any atom is -0.228 e. The van der Waals surface area contributed by atoms with Crippen molar-refractivity contribution in [1.29, 1.82) is 0 Å². The smallest absolute Gasteiger partial charge is 0.160 e. The maximum Gasteiger partial charge on any atom is 0.160 e. The first-order chi connectivity index (χ1) is 28.0. The molecule has 0 aliphatic heterocycles. The van der Waals surface area contributed by atoms with Gasteiger partial charge < -0.3 is 0 Å². The quantitative estimate of drug-likeness (QED) is 0.130. The fourth-order valence-corrected chi connectivity index (χ4v) is 9.30. The molecule has 2 nitrogen and oxygen atoms in total. The van der Waals surface area contributed by atoms with Crippen LogP contribution in [-0.4, -0.2) is 9.97 Å². The lowest BCUT2D eigenvalue weighted by Crippen LogP contribution is -2.14. The zero-order valence-electron chi connectivity index (χ0n) is 31.9. The lowest BCUT2D eigenvalue weighted by molar-refractivity contribution is 0.660. The summed E-state index contributed by atoms with van der Waals surface area (Å²) in [5, 5.41) is 7.21. The molecule has 57 heavy (non-hydrogen) atoms. The molecule has 9 aromatic carbocycles. The standard InChI is InChI=1S/C55H38N2/c1-55(2)48-25-13-12-23-46(48)52-44(24-14-26-49(52)55)42-21-10-11-22-43(42)50-34-51(57-54(56-50)38-29-27-36(28-30-38)35-15-4-3-5-16-35)53-41-20-9-7-18-39(41)33-47-40-19-8-6-17-37(40)31-32-45(47)53/h3-34H,1-2H3. The van der Waals surface area contributed by atoms with Crippen LogP contribution in [0.3, 0.4) is 0 Å². The molecule has 2 heteroatoms. The van der Waals surface area contributed by atoms with Crippen LogP contribution in [0.2, 0.25) is 0 Å². The molecule has 0 saturated heterocycles. The Bertz CT molecular complexity index is 3190. The van der Waals surface area contributed by atoms with Crippen LogP contribution in [0.25, 0.3) is 99.6 Å². The summed E-state index contributed by atoms with van der Waals surface area (Å²) in [6, 6.07) is 70.1. The highest BCUT2D eigenvalue weighted by Crippen LogP contribution is 2.53.